The molecular weight excluding hydrogens is 513 g/mol. The van der Waals surface area contributed by atoms with Gasteiger partial charge in [0.1, 0.15) is 11.3 Å². The van der Waals surface area contributed by atoms with Crippen LogP contribution in [0.3, 0.4) is 0 Å². The van der Waals surface area contributed by atoms with Crippen LogP contribution in [0.2, 0.25) is 0 Å². The van der Waals surface area contributed by atoms with Gasteiger partial charge in [-0.2, -0.15) is 0 Å². The van der Waals surface area contributed by atoms with Crippen LogP contribution in [-0.4, -0.2) is 72.5 Å². The molecule has 2 atom stereocenters. The molecule has 182 valence electrons. The molecule has 1 rings (SSSR count). The second kappa shape index (κ2) is 12.7. The lowest BCUT2D eigenvalue weighted by atomic mass is 10.1. The number of nitrogens with one attached hydrogen (secondary N) is 3. The summed E-state index contributed by atoms with van der Waals surface area (Å²) >= 11 is 0. The van der Waals surface area contributed by atoms with E-state index in [1.807, 2.05) is 62.3 Å². The standard InChI is InChI=1S/C21H41N5O4.HI/c1-10-22-18(24-12-11-23-17(27)14(2)3)25-13-16-15(4)29-21(8,9)26(16)19(28)30-20(5,6)7;/h14-16H,10-13H2,1-9H3,(H,23,27)(H2,22,24,25);1H. The van der Waals surface area contributed by atoms with Gasteiger partial charge in [0.25, 0.3) is 0 Å². The molecule has 10 heteroatoms. The minimum atomic E-state index is -0.783. The van der Waals surface area contributed by atoms with E-state index in [4.69, 9.17) is 9.47 Å². The zero-order valence-corrected chi connectivity index (χ0v) is 22.8. The summed E-state index contributed by atoms with van der Waals surface area (Å²) in [4.78, 5) is 30.8. The van der Waals surface area contributed by atoms with Gasteiger partial charge < -0.3 is 25.4 Å². The number of hydrogen-bond donors (Lipinski definition) is 3. The van der Waals surface area contributed by atoms with Gasteiger partial charge in [-0.1, -0.05) is 13.8 Å². The van der Waals surface area contributed by atoms with Gasteiger partial charge in [0.15, 0.2) is 5.96 Å². The Morgan fingerprint density at radius 1 is 1.16 bits per heavy atom. The third-order valence-electron chi connectivity index (χ3n) is 4.54. The molecule has 31 heavy (non-hydrogen) atoms. The first-order chi connectivity index (χ1) is 13.8. The van der Waals surface area contributed by atoms with Crippen molar-refractivity contribution in [3.05, 3.63) is 0 Å². The minimum Gasteiger partial charge on any atom is -0.444 e. The van der Waals surface area contributed by atoms with E-state index < -0.39 is 17.4 Å². The van der Waals surface area contributed by atoms with Crippen molar-refractivity contribution in [3.63, 3.8) is 0 Å². The molecule has 2 amide bonds. The van der Waals surface area contributed by atoms with Crippen molar-refractivity contribution in [2.45, 2.75) is 85.8 Å². The largest absolute Gasteiger partial charge is 0.444 e. The molecule has 0 aromatic rings. The number of nitrogens with zero attached hydrogens (tertiary/aromatic N) is 2. The normalized spacial score (nSPS) is 20.8. The second-order valence-corrected chi connectivity index (χ2v) is 9.28. The average molecular weight is 556 g/mol. The van der Waals surface area contributed by atoms with Crippen LogP contribution in [0.25, 0.3) is 0 Å². The van der Waals surface area contributed by atoms with E-state index in [9.17, 15) is 9.59 Å². The van der Waals surface area contributed by atoms with Crippen LogP contribution in [0.4, 0.5) is 4.79 Å². The molecule has 9 nitrogen and oxygen atoms in total. The van der Waals surface area contributed by atoms with Crippen molar-refractivity contribution in [3.8, 4) is 0 Å². The number of carbonyl (C=O) groups excluding carboxylic acids is 2. The maximum absolute atomic E-state index is 12.8. The number of guanidine groups is 1. The van der Waals surface area contributed by atoms with Gasteiger partial charge in [-0.25, -0.2) is 4.79 Å². The zero-order chi connectivity index (χ0) is 23.1. The summed E-state index contributed by atoms with van der Waals surface area (Å²) in [6.07, 6.45) is -0.601. The molecule has 1 aliphatic rings. The van der Waals surface area contributed by atoms with E-state index in [-0.39, 0.29) is 47.9 Å². The number of carbonyl (C=O) groups is 2. The third kappa shape index (κ3) is 9.80. The summed E-state index contributed by atoms with van der Waals surface area (Å²) in [7, 11) is 0. The molecule has 0 aromatic carbocycles. The van der Waals surface area contributed by atoms with Gasteiger partial charge in [0, 0.05) is 25.6 Å². The Balaban J connectivity index is 0.00000900. The molecule has 1 heterocycles. The molecular formula is C21H42IN5O4. The highest BCUT2D eigenvalue weighted by Gasteiger charge is 2.49. The Hall–Kier alpha value is -1.30. The molecule has 3 N–H and O–H groups in total. The summed E-state index contributed by atoms with van der Waals surface area (Å²) in [6.45, 7) is 19.0. The molecule has 0 aromatic heterocycles. The summed E-state index contributed by atoms with van der Waals surface area (Å²) < 4.78 is 11.6. The van der Waals surface area contributed by atoms with Crippen molar-refractivity contribution >= 4 is 41.9 Å². The third-order valence-corrected chi connectivity index (χ3v) is 4.54. The fourth-order valence-corrected chi connectivity index (χ4v) is 3.19. The maximum Gasteiger partial charge on any atom is 0.412 e. The highest BCUT2D eigenvalue weighted by molar-refractivity contribution is 14.0. The SMILES string of the molecule is CCNC(=NCC1C(C)OC(C)(C)N1C(=O)OC(C)(C)C)NCCNC(=O)C(C)C.I. The van der Waals surface area contributed by atoms with E-state index >= 15 is 0 Å². The molecule has 1 saturated heterocycles. The molecule has 0 spiro atoms. The molecule has 0 radical (unpaired) electrons. The fourth-order valence-electron chi connectivity index (χ4n) is 3.19. The van der Waals surface area contributed by atoms with Crippen molar-refractivity contribution in [2.75, 3.05) is 26.2 Å². The smallest absolute Gasteiger partial charge is 0.412 e. The van der Waals surface area contributed by atoms with Crippen molar-refractivity contribution in [2.24, 2.45) is 10.9 Å². The van der Waals surface area contributed by atoms with E-state index in [2.05, 4.69) is 20.9 Å². The zero-order valence-electron chi connectivity index (χ0n) is 20.5. The Bertz CT molecular complexity index is 619. The molecule has 0 saturated carbocycles. The highest BCUT2D eigenvalue weighted by Crippen LogP contribution is 2.33. The monoisotopic (exact) mass is 555 g/mol. The van der Waals surface area contributed by atoms with Gasteiger partial charge >= 0.3 is 6.09 Å². The number of halogens is 1. The predicted octanol–water partition coefficient (Wildman–Crippen LogP) is 2.69. The fraction of sp³-hybridized carbons (Fsp3) is 0.857. The van der Waals surface area contributed by atoms with Gasteiger partial charge in [0.2, 0.25) is 5.91 Å². The van der Waals surface area contributed by atoms with Crippen LogP contribution in [0.1, 0.15) is 62.3 Å². The number of hydrogen-bond acceptors (Lipinski definition) is 5. The van der Waals surface area contributed by atoms with E-state index in [0.29, 0.717) is 32.1 Å². The average Bonchev–Trinajstić information content (AvgIpc) is 2.82. The minimum absolute atomic E-state index is 0. The van der Waals surface area contributed by atoms with Crippen LogP contribution in [-0.2, 0) is 14.3 Å². The van der Waals surface area contributed by atoms with Crippen molar-refractivity contribution in [1.29, 1.82) is 0 Å². The molecule has 1 aliphatic heterocycles. The first kappa shape index (κ1) is 29.7. The summed E-state index contributed by atoms with van der Waals surface area (Å²) in [5.41, 5.74) is -1.38. The van der Waals surface area contributed by atoms with Gasteiger partial charge in [0.05, 0.1) is 18.7 Å². The highest BCUT2D eigenvalue weighted by atomic mass is 127. The maximum atomic E-state index is 12.8. The predicted molar refractivity (Wildman–Crippen MR) is 134 cm³/mol. The lowest BCUT2D eigenvalue weighted by Gasteiger charge is -2.34. The topological polar surface area (TPSA) is 104 Å². The first-order valence-corrected chi connectivity index (χ1v) is 10.8. The van der Waals surface area contributed by atoms with Crippen molar-refractivity contribution in [1.82, 2.24) is 20.9 Å². The summed E-state index contributed by atoms with van der Waals surface area (Å²) in [5, 5.41) is 9.26. The van der Waals surface area contributed by atoms with Gasteiger partial charge in [-0.3, -0.25) is 14.7 Å². The molecule has 0 bridgehead atoms. The van der Waals surface area contributed by atoms with Crippen LogP contribution < -0.4 is 16.0 Å². The molecule has 0 aliphatic carbocycles. The number of amides is 2. The van der Waals surface area contributed by atoms with Crippen LogP contribution in [0.15, 0.2) is 4.99 Å². The Kier molecular flexibility index (Phi) is 12.1. The van der Waals surface area contributed by atoms with E-state index in [0.717, 1.165) is 0 Å². The number of rotatable bonds is 7. The lowest BCUT2D eigenvalue weighted by Crippen LogP contribution is -2.51. The van der Waals surface area contributed by atoms with Crippen molar-refractivity contribution < 1.29 is 19.1 Å². The number of ether oxygens (including phenoxy) is 2. The summed E-state index contributed by atoms with van der Waals surface area (Å²) in [6, 6.07) is -0.258. The van der Waals surface area contributed by atoms with Gasteiger partial charge in [-0.05, 0) is 48.5 Å². The van der Waals surface area contributed by atoms with E-state index in [1.165, 1.54) is 0 Å². The van der Waals surface area contributed by atoms with Crippen LogP contribution in [0, 0.1) is 5.92 Å². The molecule has 2 unspecified atom stereocenters. The number of aliphatic imine (C=N–C) groups is 1. The van der Waals surface area contributed by atoms with Crippen LogP contribution in [0.5, 0.6) is 0 Å². The second-order valence-electron chi connectivity index (χ2n) is 9.28. The van der Waals surface area contributed by atoms with E-state index in [1.54, 1.807) is 4.90 Å². The summed E-state index contributed by atoms with van der Waals surface area (Å²) in [5.74, 6) is 0.598. The quantitative estimate of drug-likeness (QED) is 0.193. The Labute approximate surface area is 204 Å². The lowest BCUT2D eigenvalue weighted by molar-refractivity contribution is -0.123. The van der Waals surface area contributed by atoms with Crippen LogP contribution >= 0.6 is 24.0 Å². The Morgan fingerprint density at radius 2 is 1.74 bits per heavy atom. The Morgan fingerprint density at radius 3 is 2.26 bits per heavy atom. The first-order valence-electron chi connectivity index (χ1n) is 10.8. The van der Waals surface area contributed by atoms with Gasteiger partial charge in [-0.15, -0.1) is 24.0 Å². The molecule has 1 fully saturated rings.